The third-order valence-corrected chi connectivity index (χ3v) is 4.36. The lowest BCUT2D eigenvalue weighted by Crippen LogP contribution is -2.42. The van der Waals surface area contributed by atoms with Gasteiger partial charge in [0.25, 0.3) is 0 Å². The number of carbonyl (C=O) groups is 1. The molecule has 2 aromatic rings. The molecule has 0 atom stereocenters. The van der Waals surface area contributed by atoms with Gasteiger partial charge in [0, 0.05) is 5.69 Å². The van der Waals surface area contributed by atoms with Crippen molar-refractivity contribution in [3.8, 4) is 0 Å². The highest BCUT2D eigenvalue weighted by atomic mass is 35.5. The molecule has 1 aliphatic heterocycles. The largest absolute Gasteiger partial charge is 0.307 e. The van der Waals surface area contributed by atoms with E-state index in [1.807, 2.05) is 53.4 Å². The highest BCUT2D eigenvalue weighted by molar-refractivity contribution is 5.94. The zero-order chi connectivity index (χ0) is 15.9. The number of rotatable bonds is 5. The summed E-state index contributed by atoms with van der Waals surface area (Å²) < 4.78 is 0. The van der Waals surface area contributed by atoms with Gasteiger partial charge in [-0.05, 0) is 43.6 Å². The first-order valence-corrected chi connectivity index (χ1v) is 8.44. The van der Waals surface area contributed by atoms with E-state index in [1.54, 1.807) is 0 Å². The molecule has 1 aliphatic rings. The first-order valence-electron chi connectivity index (χ1n) is 8.44. The lowest BCUT2D eigenvalue weighted by Gasteiger charge is -2.29. The second-order valence-corrected chi connectivity index (χ2v) is 6.14. The summed E-state index contributed by atoms with van der Waals surface area (Å²) in [5, 5.41) is 0. The maximum atomic E-state index is 12.9. The summed E-state index contributed by atoms with van der Waals surface area (Å²) in [6.07, 6.45) is 3.70. The minimum absolute atomic E-state index is 0. The van der Waals surface area contributed by atoms with E-state index < -0.39 is 0 Å². The van der Waals surface area contributed by atoms with Crippen LogP contribution >= 0.6 is 12.4 Å². The van der Waals surface area contributed by atoms with E-state index in [0.717, 1.165) is 24.3 Å². The Labute approximate surface area is 150 Å². The lowest BCUT2D eigenvalue weighted by molar-refractivity contribution is -0.120. The second-order valence-electron chi connectivity index (χ2n) is 6.14. The van der Waals surface area contributed by atoms with Crippen LogP contribution in [-0.2, 0) is 11.3 Å². The lowest BCUT2D eigenvalue weighted by atomic mass is 10.1. The Morgan fingerprint density at radius 1 is 0.875 bits per heavy atom. The molecule has 1 saturated heterocycles. The van der Waals surface area contributed by atoms with Crippen LogP contribution in [0.2, 0.25) is 0 Å². The van der Waals surface area contributed by atoms with Gasteiger partial charge in [-0.1, -0.05) is 55.0 Å². The van der Waals surface area contributed by atoms with Crippen LogP contribution in [0.5, 0.6) is 0 Å². The fourth-order valence-corrected chi connectivity index (χ4v) is 3.09. The van der Waals surface area contributed by atoms with E-state index in [1.165, 1.54) is 19.3 Å². The quantitative estimate of drug-likeness (QED) is 0.814. The topological polar surface area (TPSA) is 23.6 Å². The average molecular weight is 345 g/mol. The Kier molecular flexibility index (Phi) is 7.29. The predicted molar refractivity (Wildman–Crippen MR) is 102 cm³/mol. The van der Waals surface area contributed by atoms with Gasteiger partial charge in [0.1, 0.15) is 0 Å². The summed E-state index contributed by atoms with van der Waals surface area (Å²) in [4.78, 5) is 17.1. The Balaban J connectivity index is 0.00000208. The monoisotopic (exact) mass is 344 g/mol. The minimum Gasteiger partial charge on any atom is -0.307 e. The van der Waals surface area contributed by atoms with Gasteiger partial charge in [-0.3, -0.25) is 9.69 Å². The molecule has 0 N–H and O–H groups in total. The maximum Gasteiger partial charge on any atom is 0.241 e. The highest BCUT2D eigenvalue weighted by Crippen LogP contribution is 2.18. The number of benzene rings is 2. The normalized spacial score (nSPS) is 14.7. The number of hydrogen-bond acceptors (Lipinski definition) is 2. The molecule has 24 heavy (non-hydrogen) atoms. The Morgan fingerprint density at radius 3 is 2.08 bits per heavy atom. The summed E-state index contributed by atoms with van der Waals surface area (Å²) in [7, 11) is 0. The number of para-hydroxylation sites is 1. The molecular formula is C20H25ClN2O. The van der Waals surface area contributed by atoms with Crippen molar-refractivity contribution >= 4 is 24.0 Å². The van der Waals surface area contributed by atoms with Gasteiger partial charge in [0.15, 0.2) is 0 Å². The molecule has 4 heteroatoms. The fraction of sp³-hybridized carbons (Fsp3) is 0.350. The molecule has 128 valence electrons. The smallest absolute Gasteiger partial charge is 0.241 e. The van der Waals surface area contributed by atoms with Gasteiger partial charge in [0.05, 0.1) is 13.1 Å². The third-order valence-electron chi connectivity index (χ3n) is 4.36. The van der Waals surface area contributed by atoms with Gasteiger partial charge < -0.3 is 4.90 Å². The van der Waals surface area contributed by atoms with Gasteiger partial charge in [0.2, 0.25) is 5.91 Å². The van der Waals surface area contributed by atoms with Crippen LogP contribution in [0.3, 0.4) is 0 Å². The minimum atomic E-state index is 0. The molecule has 1 heterocycles. The summed E-state index contributed by atoms with van der Waals surface area (Å²) in [6, 6.07) is 20.2. The van der Waals surface area contributed by atoms with Crippen molar-refractivity contribution in [3.63, 3.8) is 0 Å². The van der Waals surface area contributed by atoms with Crippen LogP contribution in [0, 0.1) is 0 Å². The molecule has 0 aromatic heterocycles. The van der Waals surface area contributed by atoms with Crippen LogP contribution in [0.1, 0.15) is 24.8 Å². The van der Waals surface area contributed by atoms with E-state index >= 15 is 0 Å². The summed E-state index contributed by atoms with van der Waals surface area (Å²) in [6.45, 7) is 3.22. The molecule has 0 bridgehead atoms. The van der Waals surface area contributed by atoms with Crippen molar-refractivity contribution in [1.29, 1.82) is 0 Å². The Bertz CT molecular complexity index is 612. The Hall–Kier alpha value is -1.84. The van der Waals surface area contributed by atoms with Crippen molar-refractivity contribution < 1.29 is 4.79 Å². The first kappa shape index (κ1) is 18.5. The number of carbonyl (C=O) groups excluding carboxylic acids is 1. The van der Waals surface area contributed by atoms with Crippen LogP contribution in [0.25, 0.3) is 0 Å². The van der Waals surface area contributed by atoms with E-state index in [0.29, 0.717) is 13.1 Å². The predicted octanol–water partition coefficient (Wildman–Crippen LogP) is 4.13. The zero-order valence-corrected chi connectivity index (χ0v) is 14.8. The SMILES string of the molecule is Cl.O=C(CN1CCCCC1)N(Cc1ccccc1)c1ccccc1. The number of nitrogens with zero attached hydrogens (tertiary/aromatic N) is 2. The second kappa shape index (κ2) is 9.45. The zero-order valence-electron chi connectivity index (χ0n) is 13.9. The Morgan fingerprint density at radius 2 is 1.46 bits per heavy atom. The number of halogens is 1. The van der Waals surface area contributed by atoms with Gasteiger partial charge in [-0.25, -0.2) is 0 Å². The van der Waals surface area contributed by atoms with Crippen molar-refractivity contribution in [2.45, 2.75) is 25.8 Å². The molecule has 0 radical (unpaired) electrons. The molecule has 0 saturated carbocycles. The third kappa shape index (κ3) is 5.08. The molecule has 0 unspecified atom stereocenters. The molecule has 2 aromatic carbocycles. The summed E-state index contributed by atoms with van der Waals surface area (Å²) in [5.41, 5.74) is 2.13. The van der Waals surface area contributed by atoms with Crippen molar-refractivity contribution in [2.24, 2.45) is 0 Å². The van der Waals surface area contributed by atoms with Gasteiger partial charge >= 0.3 is 0 Å². The number of piperidine rings is 1. The number of anilines is 1. The van der Waals surface area contributed by atoms with Crippen molar-refractivity contribution in [1.82, 2.24) is 4.90 Å². The van der Waals surface area contributed by atoms with E-state index in [2.05, 4.69) is 17.0 Å². The fourth-order valence-electron chi connectivity index (χ4n) is 3.09. The number of likely N-dealkylation sites (tertiary alicyclic amines) is 1. The molecule has 0 spiro atoms. The summed E-state index contributed by atoms with van der Waals surface area (Å²) >= 11 is 0. The molecule has 3 rings (SSSR count). The van der Waals surface area contributed by atoms with E-state index in [-0.39, 0.29) is 18.3 Å². The summed E-state index contributed by atoms with van der Waals surface area (Å²) in [5.74, 6) is 0.182. The van der Waals surface area contributed by atoms with Crippen molar-refractivity contribution in [2.75, 3.05) is 24.5 Å². The molecule has 1 fully saturated rings. The van der Waals surface area contributed by atoms with Crippen molar-refractivity contribution in [3.05, 3.63) is 66.2 Å². The van der Waals surface area contributed by atoms with Crippen LogP contribution in [0.15, 0.2) is 60.7 Å². The molecule has 0 aliphatic carbocycles. The van der Waals surface area contributed by atoms with Crippen LogP contribution < -0.4 is 4.90 Å². The molecule has 3 nitrogen and oxygen atoms in total. The maximum absolute atomic E-state index is 12.9. The standard InChI is InChI=1S/C20H24N2O.ClH/c23-20(17-21-14-8-3-9-15-21)22(19-12-6-2-7-13-19)16-18-10-4-1-5-11-18;/h1-2,4-7,10-13H,3,8-9,14-17H2;1H. The van der Waals surface area contributed by atoms with Gasteiger partial charge in [-0.15, -0.1) is 12.4 Å². The number of amides is 1. The van der Waals surface area contributed by atoms with E-state index in [9.17, 15) is 4.79 Å². The first-order chi connectivity index (χ1) is 11.3. The molecular weight excluding hydrogens is 320 g/mol. The highest BCUT2D eigenvalue weighted by Gasteiger charge is 2.20. The molecule has 1 amide bonds. The van der Waals surface area contributed by atoms with Gasteiger partial charge in [-0.2, -0.15) is 0 Å². The number of hydrogen-bond donors (Lipinski definition) is 0. The average Bonchev–Trinajstić information content (AvgIpc) is 2.62. The van der Waals surface area contributed by atoms with E-state index in [4.69, 9.17) is 0 Å². The van der Waals surface area contributed by atoms with Crippen LogP contribution in [-0.4, -0.2) is 30.4 Å². The van der Waals surface area contributed by atoms with Crippen LogP contribution in [0.4, 0.5) is 5.69 Å².